The van der Waals surface area contributed by atoms with Crippen LogP contribution in [-0.2, 0) is 9.59 Å². The van der Waals surface area contributed by atoms with Gasteiger partial charge in [0.1, 0.15) is 5.75 Å². The lowest BCUT2D eigenvalue weighted by atomic mass is 10.2. The Hall–Kier alpha value is -1.41. The van der Waals surface area contributed by atoms with E-state index >= 15 is 0 Å². The molecule has 0 radical (unpaired) electrons. The van der Waals surface area contributed by atoms with E-state index < -0.39 is 0 Å². The number of nitrogens with zero attached hydrogens (tertiary/aromatic N) is 2. The Kier molecular flexibility index (Phi) is 7.43. The standard InChI is InChI=1S/C17H21Br2N3O3/c1-11-7-15(14(19)9-13(11)18)25-10-16(23)21-20-12(2)8-17(24)22-5-3-4-6-22/h7,9H,3-6,8,10H2,1-2H3,(H,21,23). The van der Waals surface area contributed by atoms with Crippen LogP contribution in [0.25, 0.3) is 0 Å². The highest BCUT2D eigenvalue weighted by atomic mass is 79.9. The van der Waals surface area contributed by atoms with Crippen LogP contribution in [0, 0.1) is 6.92 Å². The summed E-state index contributed by atoms with van der Waals surface area (Å²) >= 11 is 6.83. The third kappa shape index (κ3) is 6.11. The number of hydrazone groups is 1. The molecule has 0 atom stereocenters. The molecule has 1 aliphatic heterocycles. The van der Waals surface area contributed by atoms with E-state index in [0.29, 0.717) is 11.5 Å². The number of likely N-dealkylation sites (tertiary alicyclic amines) is 1. The van der Waals surface area contributed by atoms with E-state index in [4.69, 9.17) is 4.74 Å². The smallest absolute Gasteiger partial charge is 0.277 e. The topological polar surface area (TPSA) is 71.0 Å². The third-order valence-corrected chi connectivity index (χ3v) is 5.28. The summed E-state index contributed by atoms with van der Waals surface area (Å²) in [7, 11) is 0. The van der Waals surface area contributed by atoms with Crippen molar-refractivity contribution in [2.75, 3.05) is 19.7 Å². The number of aryl methyl sites for hydroxylation is 1. The number of amides is 2. The molecule has 1 N–H and O–H groups in total. The highest BCUT2D eigenvalue weighted by Crippen LogP contribution is 2.31. The fraction of sp³-hybridized carbons (Fsp3) is 0.471. The Morgan fingerprint density at radius 3 is 2.60 bits per heavy atom. The maximum absolute atomic E-state index is 12.0. The van der Waals surface area contributed by atoms with Gasteiger partial charge in [-0.1, -0.05) is 15.9 Å². The molecular formula is C17H21Br2N3O3. The van der Waals surface area contributed by atoms with E-state index in [2.05, 4.69) is 42.4 Å². The predicted octanol–water partition coefficient (Wildman–Crippen LogP) is 3.40. The number of benzene rings is 1. The molecule has 1 aromatic carbocycles. The van der Waals surface area contributed by atoms with Crippen molar-refractivity contribution in [2.24, 2.45) is 5.10 Å². The fourth-order valence-corrected chi connectivity index (χ4v) is 3.52. The van der Waals surface area contributed by atoms with Gasteiger partial charge in [0.05, 0.1) is 10.9 Å². The average Bonchev–Trinajstić information content (AvgIpc) is 3.09. The summed E-state index contributed by atoms with van der Waals surface area (Å²) in [5.74, 6) is 0.264. The molecule has 0 unspecified atom stereocenters. The summed E-state index contributed by atoms with van der Waals surface area (Å²) < 4.78 is 7.22. The van der Waals surface area contributed by atoms with Gasteiger partial charge in [0.2, 0.25) is 5.91 Å². The molecule has 8 heteroatoms. The SMILES string of the molecule is CC(CC(=O)N1CCCC1)=NNC(=O)COc1cc(C)c(Br)cc1Br. The summed E-state index contributed by atoms with van der Waals surface area (Å²) in [5.41, 5.74) is 4.01. The number of hydrogen-bond acceptors (Lipinski definition) is 4. The zero-order valence-electron chi connectivity index (χ0n) is 14.3. The van der Waals surface area contributed by atoms with Crippen LogP contribution in [0.2, 0.25) is 0 Å². The van der Waals surface area contributed by atoms with Gasteiger partial charge in [-0.15, -0.1) is 0 Å². The number of carbonyl (C=O) groups is 2. The highest BCUT2D eigenvalue weighted by Gasteiger charge is 2.18. The maximum atomic E-state index is 12.0. The molecule has 0 spiro atoms. The van der Waals surface area contributed by atoms with Gasteiger partial charge in [0.25, 0.3) is 5.91 Å². The molecule has 1 fully saturated rings. The normalized spacial score (nSPS) is 14.6. The van der Waals surface area contributed by atoms with Gasteiger partial charge in [0.15, 0.2) is 6.61 Å². The van der Waals surface area contributed by atoms with Crippen molar-refractivity contribution in [2.45, 2.75) is 33.1 Å². The number of nitrogens with one attached hydrogen (secondary N) is 1. The van der Waals surface area contributed by atoms with Gasteiger partial charge in [-0.05, 0) is 60.3 Å². The monoisotopic (exact) mass is 473 g/mol. The van der Waals surface area contributed by atoms with E-state index in [1.165, 1.54) is 0 Å². The lowest BCUT2D eigenvalue weighted by molar-refractivity contribution is -0.129. The number of halogens is 2. The van der Waals surface area contributed by atoms with Crippen LogP contribution in [0.5, 0.6) is 5.75 Å². The van der Waals surface area contributed by atoms with Gasteiger partial charge in [-0.25, -0.2) is 5.43 Å². The van der Waals surface area contributed by atoms with Crippen molar-refractivity contribution in [1.29, 1.82) is 0 Å². The van der Waals surface area contributed by atoms with Gasteiger partial charge >= 0.3 is 0 Å². The zero-order valence-corrected chi connectivity index (χ0v) is 17.4. The van der Waals surface area contributed by atoms with Crippen molar-refractivity contribution in [3.63, 3.8) is 0 Å². The molecule has 2 amide bonds. The van der Waals surface area contributed by atoms with Crippen molar-refractivity contribution >= 4 is 49.4 Å². The van der Waals surface area contributed by atoms with Gasteiger partial charge in [-0.3, -0.25) is 9.59 Å². The van der Waals surface area contributed by atoms with Crippen LogP contribution < -0.4 is 10.2 Å². The first-order chi connectivity index (χ1) is 11.9. The summed E-state index contributed by atoms with van der Waals surface area (Å²) in [5, 5.41) is 3.97. The molecule has 136 valence electrons. The van der Waals surface area contributed by atoms with Crippen LogP contribution in [0.1, 0.15) is 31.7 Å². The summed E-state index contributed by atoms with van der Waals surface area (Å²) in [6, 6.07) is 3.71. The number of hydrogen-bond donors (Lipinski definition) is 1. The second-order valence-corrected chi connectivity index (χ2v) is 7.68. The average molecular weight is 475 g/mol. The molecule has 1 heterocycles. The summed E-state index contributed by atoms with van der Waals surface area (Å²) in [4.78, 5) is 25.7. The second kappa shape index (κ2) is 9.33. The molecular weight excluding hydrogens is 454 g/mol. The van der Waals surface area contributed by atoms with E-state index in [9.17, 15) is 9.59 Å². The Morgan fingerprint density at radius 1 is 1.24 bits per heavy atom. The lowest BCUT2D eigenvalue weighted by Crippen LogP contribution is -2.30. The Bertz CT molecular complexity index is 686. The minimum Gasteiger partial charge on any atom is -0.483 e. The molecule has 1 aliphatic rings. The largest absolute Gasteiger partial charge is 0.483 e. The second-order valence-electron chi connectivity index (χ2n) is 5.97. The Balaban J connectivity index is 1.79. The van der Waals surface area contributed by atoms with Gasteiger partial charge < -0.3 is 9.64 Å². The first kappa shape index (κ1) is 19.9. The van der Waals surface area contributed by atoms with Crippen LogP contribution in [0.3, 0.4) is 0 Å². The van der Waals surface area contributed by atoms with E-state index in [1.54, 1.807) is 6.92 Å². The van der Waals surface area contributed by atoms with E-state index in [-0.39, 0.29) is 24.8 Å². The molecule has 6 nitrogen and oxygen atoms in total. The van der Waals surface area contributed by atoms with Crippen molar-refractivity contribution < 1.29 is 14.3 Å². The van der Waals surface area contributed by atoms with E-state index in [0.717, 1.165) is 40.4 Å². The predicted molar refractivity (Wildman–Crippen MR) is 104 cm³/mol. The fourth-order valence-electron chi connectivity index (χ4n) is 2.41. The molecule has 1 aromatic rings. The van der Waals surface area contributed by atoms with Crippen LogP contribution in [0.4, 0.5) is 0 Å². The van der Waals surface area contributed by atoms with Crippen molar-refractivity contribution in [3.8, 4) is 5.75 Å². The van der Waals surface area contributed by atoms with Crippen molar-refractivity contribution in [3.05, 3.63) is 26.6 Å². The Labute approximate surface area is 164 Å². The third-order valence-electron chi connectivity index (χ3n) is 3.81. The Morgan fingerprint density at radius 2 is 1.92 bits per heavy atom. The van der Waals surface area contributed by atoms with Crippen LogP contribution >= 0.6 is 31.9 Å². The molecule has 25 heavy (non-hydrogen) atoms. The minimum atomic E-state index is -0.375. The zero-order chi connectivity index (χ0) is 18.4. The van der Waals surface area contributed by atoms with Crippen molar-refractivity contribution in [1.82, 2.24) is 10.3 Å². The maximum Gasteiger partial charge on any atom is 0.277 e. The first-order valence-electron chi connectivity index (χ1n) is 8.05. The number of ether oxygens (including phenoxy) is 1. The molecule has 2 rings (SSSR count). The molecule has 1 saturated heterocycles. The van der Waals surface area contributed by atoms with Gasteiger partial charge in [-0.2, -0.15) is 5.10 Å². The quantitative estimate of drug-likeness (QED) is 0.507. The summed E-state index contributed by atoms with van der Waals surface area (Å²) in [6.07, 6.45) is 2.33. The highest BCUT2D eigenvalue weighted by molar-refractivity contribution is 9.11. The number of rotatable bonds is 6. The number of carbonyl (C=O) groups excluding carboxylic acids is 2. The lowest BCUT2D eigenvalue weighted by Gasteiger charge is -2.14. The molecule has 0 saturated carbocycles. The molecule has 0 aromatic heterocycles. The van der Waals surface area contributed by atoms with Crippen LogP contribution in [-0.4, -0.2) is 42.1 Å². The minimum absolute atomic E-state index is 0.0542. The molecule has 0 aliphatic carbocycles. The molecule has 0 bridgehead atoms. The van der Waals surface area contributed by atoms with Gasteiger partial charge in [0, 0.05) is 23.3 Å². The van der Waals surface area contributed by atoms with E-state index in [1.807, 2.05) is 24.0 Å². The van der Waals surface area contributed by atoms with Crippen LogP contribution in [0.15, 0.2) is 26.2 Å². The summed E-state index contributed by atoms with van der Waals surface area (Å²) in [6.45, 7) is 5.14. The first-order valence-corrected chi connectivity index (χ1v) is 9.63.